The lowest BCUT2D eigenvalue weighted by atomic mass is 9.97. The summed E-state index contributed by atoms with van der Waals surface area (Å²) in [7, 11) is 0. The van der Waals surface area contributed by atoms with Gasteiger partial charge in [-0.3, -0.25) is 4.79 Å². The quantitative estimate of drug-likeness (QED) is 0.737. The molecule has 2 aliphatic rings. The van der Waals surface area contributed by atoms with Crippen molar-refractivity contribution in [2.75, 3.05) is 0 Å². The number of amides is 1. The molecular weight excluding hydrogens is 222 g/mol. The summed E-state index contributed by atoms with van der Waals surface area (Å²) in [4.78, 5) is 14.4. The Hall–Kier alpha value is -1.83. The van der Waals surface area contributed by atoms with Crippen LogP contribution in [0, 0.1) is 5.92 Å². The van der Waals surface area contributed by atoms with Crippen molar-refractivity contribution in [1.29, 1.82) is 0 Å². The second kappa shape index (κ2) is 4.45. The number of hydrogen-bond acceptors (Lipinski definition) is 1. The molecule has 0 bridgehead atoms. The van der Waals surface area contributed by atoms with E-state index in [2.05, 4.69) is 31.2 Å². The smallest absolute Gasteiger partial charge is 0.254 e. The maximum absolute atomic E-state index is 12.4. The van der Waals surface area contributed by atoms with Gasteiger partial charge < -0.3 is 4.90 Å². The van der Waals surface area contributed by atoms with Crippen LogP contribution in [0.2, 0.25) is 0 Å². The fraction of sp³-hybridized carbons (Fsp3) is 0.312. The summed E-state index contributed by atoms with van der Waals surface area (Å²) in [6.07, 6.45) is 7.19. The molecular formula is C16H17NO. The summed E-state index contributed by atoms with van der Waals surface area (Å²) in [5.74, 6) is 0.632. The first-order valence-corrected chi connectivity index (χ1v) is 6.48. The summed E-state index contributed by atoms with van der Waals surface area (Å²) in [5, 5.41) is 0. The number of allylic oxidation sites excluding steroid dienone is 2. The van der Waals surface area contributed by atoms with Gasteiger partial charge in [-0.1, -0.05) is 49.4 Å². The van der Waals surface area contributed by atoms with E-state index in [0.717, 1.165) is 25.1 Å². The Bertz CT molecular complexity index is 517. The van der Waals surface area contributed by atoms with Crippen molar-refractivity contribution in [3.05, 3.63) is 59.2 Å². The molecule has 2 nitrogen and oxygen atoms in total. The van der Waals surface area contributed by atoms with Crippen molar-refractivity contribution in [2.45, 2.75) is 26.4 Å². The van der Waals surface area contributed by atoms with Gasteiger partial charge in [0.2, 0.25) is 0 Å². The van der Waals surface area contributed by atoms with Crippen LogP contribution in [0.5, 0.6) is 0 Å². The predicted molar refractivity (Wildman–Crippen MR) is 71.7 cm³/mol. The third-order valence-corrected chi connectivity index (χ3v) is 3.64. The van der Waals surface area contributed by atoms with Crippen molar-refractivity contribution in [1.82, 2.24) is 4.90 Å². The molecule has 1 aromatic rings. The Morgan fingerprint density at radius 1 is 1.22 bits per heavy atom. The molecule has 0 N–H and O–H groups in total. The van der Waals surface area contributed by atoms with Gasteiger partial charge in [0.15, 0.2) is 0 Å². The van der Waals surface area contributed by atoms with E-state index >= 15 is 0 Å². The minimum absolute atomic E-state index is 0.161. The van der Waals surface area contributed by atoms with E-state index in [-0.39, 0.29) is 5.91 Å². The molecule has 0 aromatic heterocycles. The lowest BCUT2D eigenvalue weighted by molar-refractivity contribution is -0.127. The van der Waals surface area contributed by atoms with Gasteiger partial charge in [-0.2, -0.15) is 0 Å². The number of nitrogens with zero attached hydrogens (tertiary/aromatic N) is 1. The van der Waals surface area contributed by atoms with Crippen LogP contribution in [0.25, 0.3) is 0 Å². The topological polar surface area (TPSA) is 20.3 Å². The summed E-state index contributed by atoms with van der Waals surface area (Å²) in [6.45, 7) is 3.64. The van der Waals surface area contributed by atoms with Crippen LogP contribution in [0.3, 0.4) is 0 Å². The van der Waals surface area contributed by atoms with Crippen LogP contribution < -0.4 is 0 Å². The molecule has 0 saturated carbocycles. The molecule has 92 valence electrons. The van der Waals surface area contributed by atoms with Crippen LogP contribution in [-0.4, -0.2) is 10.8 Å². The second-order valence-corrected chi connectivity index (χ2v) is 5.17. The Balaban J connectivity index is 1.79. The van der Waals surface area contributed by atoms with Crippen LogP contribution in [0.15, 0.2) is 48.1 Å². The second-order valence-electron chi connectivity index (χ2n) is 5.17. The fourth-order valence-corrected chi connectivity index (χ4v) is 2.64. The van der Waals surface area contributed by atoms with Crippen LogP contribution >= 0.6 is 0 Å². The summed E-state index contributed by atoms with van der Waals surface area (Å²) < 4.78 is 0. The zero-order chi connectivity index (χ0) is 12.5. The number of carbonyl (C=O) groups excluding carboxylic acids is 1. The first-order chi connectivity index (χ1) is 8.74. The molecule has 0 radical (unpaired) electrons. The Labute approximate surface area is 108 Å². The molecule has 1 aromatic carbocycles. The highest BCUT2D eigenvalue weighted by Crippen LogP contribution is 2.25. The molecule has 2 heteroatoms. The van der Waals surface area contributed by atoms with Gasteiger partial charge in [0.25, 0.3) is 5.91 Å². The van der Waals surface area contributed by atoms with Crippen molar-refractivity contribution in [2.24, 2.45) is 5.92 Å². The maximum Gasteiger partial charge on any atom is 0.254 e. The van der Waals surface area contributed by atoms with Gasteiger partial charge in [-0.05, 0) is 23.5 Å². The average Bonchev–Trinajstić information content (AvgIpc) is 2.81. The van der Waals surface area contributed by atoms with Crippen LogP contribution in [-0.2, 0) is 17.9 Å². The molecule has 1 atom stereocenters. The highest BCUT2D eigenvalue weighted by molar-refractivity contribution is 5.96. The molecule has 0 spiro atoms. The lowest BCUT2D eigenvalue weighted by Gasteiger charge is -2.19. The van der Waals surface area contributed by atoms with Crippen molar-refractivity contribution < 1.29 is 4.79 Å². The maximum atomic E-state index is 12.4. The van der Waals surface area contributed by atoms with Crippen molar-refractivity contribution in [3.8, 4) is 0 Å². The largest absolute Gasteiger partial charge is 0.330 e. The number of benzene rings is 1. The molecule has 18 heavy (non-hydrogen) atoms. The van der Waals surface area contributed by atoms with Gasteiger partial charge in [0.1, 0.15) is 0 Å². The Morgan fingerprint density at radius 3 is 2.50 bits per heavy atom. The zero-order valence-electron chi connectivity index (χ0n) is 10.6. The average molecular weight is 239 g/mol. The first kappa shape index (κ1) is 11.3. The van der Waals surface area contributed by atoms with E-state index in [0.29, 0.717) is 5.92 Å². The molecule has 1 aliphatic heterocycles. The van der Waals surface area contributed by atoms with Gasteiger partial charge >= 0.3 is 0 Å². The molecule has 1 aliphatic carbocycles. The van der Waals surface area contributed by atoms with E-state index in [1.54, 1.807) is 0 Å². The van der Waals surface area contributed by atoms with E-state index in [1.165, 1.54) is 11.1 Å². The van der Waals surface area contributed by atoms with Crippen molar-refractivity contribution >= 4 is 5.91 Å². The minimum Gasteiger partial charge on any atom is -0.330 e. The molecule has 1 amide bonds. The normalized spacial score (nSPS) is 21.7. The molecule has 0 saturated heterocycles. The minimum atomic E-state index is 0.161. The van der Waals surface area contributed by atoms with Gasteiger partial charge in [0, 0.05) is 18.7 Å². The molecule has 1 unspecified atom stereocenters. The summed E-state index contributed by atoms with van der Waals surface area (Å²) in [6, 6.07) is 8.29. The molecule has 3 rings (SSSR count). The van der Waals surface area contributed by atoms with E-state index in [1.807, 2.05) is 23.1 Å². The Morgan fingerprint density at radius 2 is 1.89 bits per heavy atom. The molecule has 1 heterocycles. The zero-order valence-corrected chi connectivity index (χ0v) is 10.6. The van der Waals surface area contributed by atoms with Crippen LogP contribution in [0.4, 0.5) is 0 Å². The monoisotopic (exact) mass is 239 g/mol. The summed E-state index contributed by atoms with van der Waals surface area (Å²) in [5.41, 5.74) is 3.40. The van der Waals surface area contributed by atoms with Crippen molar-refractivity contribution in [3.63, 3.8) is 0 Å². The fourth-order valence-electron chi connectivity index (χ4n) is 2.64. The standard InChI is InChI=1S/C16H17NO/c1-12-5-4-8-13(9-12)16(18)17-10-14-6-2-3-7-15(14)11-17/h2-4,6-9,12H,5,10-11H2,1H3. The van der Waals surface area contributed by atoms with E-state index in [9.17, 15) is 4.79 Å². The molecule has 0 fully saturated rings. The van der Waals surface area contributed by atoms with Gasteiger partial charge in [-0.25, -0.2) is 0 Å². The lowest BCUT2D eigenvalue weighted by Crippen LogP contribution is -2.27. The third kappa shape index (κ3) is 1.99. The van der Waals surface area contributed by atoms with Gasteiger partial charge in [-0.15, -0.1) is 0 Å². The number of carbonyl (C=O) groups is 1. The summed E-state index contributed by atoms with van der Waals surface area (Å²) >= 11 is 0. The SMILES string of the molecule is CC1C=C(C(=O)N2Cc3ccccc3C2)C=CC1. The van der Waals surface area contributed by atoms with Gasteiger partial charge in [0.05, 0.1) is 0 Å². The highest BCUT2D eigenvalue weighted by Gasteiger charge is 2.25. The van der Waals surface area contributed by atoms with E-state index < -0.39 is 0 Å². The number of fused-ring (bicyclic) bond motifs is 1. The number of hydrogen-bond donors (Lipinski definition) is 0. The number of rotatable bonds is 1. The van der Waals surface area contributed by atoms with Crippen LogP contribution in [0.1, 0.15) is 24.5 Å². The first-order valence-electron chi connectivity index (χ1n) is 6.48. The van der Waals surface area contributed by atoms with E-state index in [4.69, 9.17) is 0 Å². The Kier molecular flexibility index (Phi) is 2.78. The highest BCUT2D eigenvalue weighted by atomic mass is 16.2. The predicted octanol–water partition coefficient (Wildman–Crippen LogP) is 3.05. The third-order valence-electron chi connectivity index (χ3n) is 3.64.